The summed E-state index contributed by atoms with van der Waals surface area (Å²) in [5, 5.41) is 0.388. The third-order valence-corrected chi connectivity index (χ3v) is 15.2. The maximum atomic E-state index is 13.2. The number of benzene rings is 5. The van der Waals surface area contributed by atoms with Crippen LogP contribution in [0.15, 0.2) is 146 Å². The summed E-state index contributed by atoms with van der Waals surface area (Å²) in [6.45, 7) is 3.83. The van der Waals surface area contributed by atoms with Crippen LogP contribution in [-0.2, 0) is 32.0 Å². The molecule has 2 bridgehead atoms. The maximum absolute atomic E-state index is 13.2. The van der Waals surface area contributed by atoms with Crippen molar-refractivity contribution in [1.82, 2.24) is 0 Å². The highest BCUT2D eigenvalue weighted by Crippen LogP contribution is 2.64. The maximum Gasteiger partial charge on any atom is 0.416 e. The minimum atomic E-state index is -4.40. The lowest BCUT2D eigenvalue weighted by Crippen LogP contribution is -2.42. The van der Waals surface area contributed by atoms with Crippen LogP contribution in [0, 0.1) is 16.7 Å². The molecule has 0 radical (unpaired) electrons. The number of carbonyl (C=O) groups excluding carboxylic acids is 2. The summed E-state index contributed by atoms with van der Waals surface area (Å²) in [6, 6.07) is 35.2. The molecule has 56 heavy (non-hydrogen) atoms. The van der Waals surface area contributed by atoms with Crippen molar-refractivity contribution < 1.29 is 40.5 Å². The molecular weight excluding hydrogens is 801 g/mol. The summed E-state index contributed by atoms with van der Waals surface area (Å²) in [7, 11) is -3.38. The second kappa shape index (κ2) is 16.4. The van der Waals surface area contributed by atoms with Gasteiger partial charge in [-0.05, 0) is 115 Å². The fourth-order valence-electron chi connectivity index (χ4n) is 7.58. The highest BCUT2D eigenvalue weighted by molar-refractivity contribution is 7.99. The molecule has 0 amide bonds. The first-order valence-electron chi connectivity index (χ1n) is 17.6. The average molecular weight is 839 g/mol. The lowest BCUT2D eigenvalue weighted by Gasteiger charge is -2.37. The number of hydrogen-bond donors (Lipinski definition) is 0. The lowest BCUT2D eigenvalue weighted by molar-refractivity contribution is -0.137. The first-order valence-corrected chi connectivity index (χ1v) is 21.6. The number of ether oxygens (including phenoxy) is 1. The number of fused-ring (bicyclic) bond motifs is 2. The third-order valence-electron chi connectivity index (χ3n) is 10.8. The van der Waals surface area contributed by atoms with E-state index < -0.39 is 43.9 Å². The minimum Gasteiger partial charge on any atom is -0.748 e. The molecular formula is C43H38ClF3O6S3. The zero-order valence-electron chi connectivity index (χ0n) is 30.6. The van der Waals surface area contributed by atoms with E-state index in [1.54, 1.807) is 31.4 Å². The Morgan fingerprint density at radius 2 is 1.43 bits per heavy atom. The van der Waals surface area contributed by atoms with E-state index in [9.17, 15) is 35.7 Å². The van der Waals surface area contributed by atoms with E-state index in [0.29, 0.717) is 34.7 Å². The molecule has 0 saturated heterocycles. The summed E-state index contributed by atoms with van der Waals surface area (Å²) in [4.78, 5) is 29.3. The van der Waals surface area contributed by atoms with Crippen molar-refractivity contribution >= 4 is 55.9 Å². The van der Waals surface area contributed by atoms with Crippen molar-refractivity contribution in [2.75, 3.05) is 12.9 Å². The fraction of sp³-hybridized carbons (Fsp3) is 0.256. The van der Waals surface area contributed by atoms with Gasteiger partial charge in [0.2, 0.25) is 0 Å². The third kappa shape index (κ3) is 8.89. The van der Waals surface area contributed by atoms with E-state index in [2.05, 4.69) is 0 Å². The quantitative estimate of drug-likeness (QED) is 0.0784. The first kappa shape index (κ1) is 41.6. The van der Waals surface area contributed by atoms with Crippen LogP contribution < -0.4 is 4.74 Å². The highest BCUT2D eigenvalue weighted by atomic mass is 35.5. The van der Waals surface area contributed by atoms with Crippen LogP contribution >= 0.6 is 23.4 Å². The molecule has 0 N–H and O–H groups in total. The lowest BCUT2D eigenvalue weighted by atomic mass is 9.70. The zero-order valence-corrected chi connectivity index (χ0v) is 33.8. The molecule has 5 aromatic carbocycles. The Morgan fingerprint density at radius 1 is 0.875 bits per heavy atom. The van der Waals surface area contributed by atoms with Gasteiger partial charge >= 0.3 is 6.18 Å². The average Bonchev–Trinajstić information content (AvgIpc) is 3.51. The molecule has 292 valence electrons. The smallest absolute Gasteiger partial charge is 0.416 e. The van der Waals surface area contributed by atoms with Crippen molar-refractivity contribution in [3.8, 4) is 5.75 Å². The number of ketones is 2. The summed E-state index contributed by atoms with van der Waals surface area (Å²) in [5.74, 6) is 0.274. The van der Waals surface area contributed by atoms with Crippen LogP contribution in [0.4, 0.5) is 13.2 Å². The Morgan fingerprint density at radius 3 is 1.93 bits per heavy atom. The second-order valence-corrected chi connectivity index (χ2v) is 19.3. The van der Waals surface area contributed by atoms with Gasteiger partial charge in [-0.1, -0.05) is 67.5 Å². The van der Waals surface area contributed by atoms with E-state index in [1.807, 2.05) is 86.6 Å². The van der Waals surface area contributed by atoms with Crippen LogP contribution in [0.2, 0.25) is 5.02 Å². The first-order chi connectivity index (χ1) is 26.4. The van der Waals surface area contributed by atoms with E-state index in [-0.39, 0.29) is 22.9 Å². The van der Waals surface area contributed by atoms with Crippen LogP contribution in [0.25, 0.3) is 0 Å². The Hall–Kier alpha value is -4.07. The van der Waals surface area contributed by atoms with Gasteiger partial charge in [0.05, 0.1) is 44.5 Å². The van der Waals surface area contributed by atoms with E-state index in [0.717, 1.165) is 43.0 Å². The van der Waals surface area contributed by atoms with Gasteiger partial charge in [-0.3, -0.25) is 9.59 Å². The molecule has 3 atom stereocenters. The second-order valence-electron chi connectivity index (χ2n) is 14.3. The van der Waals surface area contributed by atoms with Gasteiger partial charge in [-0.2, -0.15) is 13.2 Å². The molecule has 6 nitrogen and oxygen atoms in total. The summed E-state index contributed by atoms with van der Waals surface area (Å²) in [5.41, 5.74) is -0.906. The van der Waals surface area contributed by atoms with Crippen molar-refractivity contribution in [2.45, 2.75) is 63.8 Å². The van der Waals surface area contributed by atoms with Gasteiger partial charge in [0.15, 0.2) is 20.5 Å². The highest BCUT2D eigenvalue weighted by Gasteiger charge is 2.64. The zero-order chi connectivity index (χ0) is 40.5. The predicted octanol–water partition coefficient (Wildman–Crippen LogP) is 10.8. The molecule has 0 heterocycles. The number of Topliss-reactive ketones (excluding diaryl/α,β-unsaturated/α-hetero) is 1. The number of carbonyl (C=O) groups is 2. The fourth-order valence-corrected chi connectivity index (χ4v) is 12.0. The Balaban J connectivity index is 0.000000295. The molecule has 7 rings (SSSR count). The molecule has 2 saturated carbocycles. The van der Waals surface area contributed by atoms with Gasteiger partial charge in [-0.25, -0.2) is 8.42 Å². The minimum absolute atomic E-state index is 0.0248. The SMILES string of the molecule is CC1(C)C2CCC1(CS(=O)(=O)[O-])C(=O)C2.COc1ccc([S+](c2ccc(Sc3ccc(Cl)c(C(=O)c4ccccc4)c3)cc2)c2ccc(C(F)(F)F)cc2)cc1. The van der Waals surface area contributed by atoms with Crippen molar-refractivity contribution in [1.29, 1.82) is 0 Å². The molecule has 13 heteroatoms. The van der Waals surface area contributed by atoms with Gasteiger partial charge in [-0.15, -0.1) is 0 Å². The number of rotatable bonds is 10. The van der Waals surface area contributed by atoms with Crippen LogP contribution in [-0.4, -0.2) is 37.4 Å². The van der Waals surface area contributed by atoms with E-state index in [4.69, 9.17) is 16.3 Å². The standard InChI is InChI=1S/C33H23ClF3O2S2.C10H16O4S/c1-39-24-9-16-28(17-10-24)41(27-14-7-23(8-15-27)33(35,36)37)29-18-11-25(12-19-29)40-26-13-20-31(34)30(21-26)32(38)22-5-3-2-4-6-22;1-9(2)7-3-4-10(9,8(11)5-7)6-15(12,13)14/h2-21H,1H3;7H,3-6H2,1-2H3,(H,12,13,14)/q+1;/p-1. The van der Waals surface area contributed by atoms with Crippen molar-refractivity contribution in [3.05, 3.63) is 143 Å². The molecule has 3 unspecified atom stereocenters. The monoisotopic (exact) mass is 838 g/mol. The predicted molar refractivity (Wildman–Crippen MR) is 212 cm³/mol. The number of hydrogen-bond acceptors (Lipinski definition) is 7. The normalized spacial score (nSPS) is 19.2. The number of methoxy groups -OCH3 is 1. The summed E-state index contributed by atoms with van der Waals surface area (Å²) in [6.07, 6.45) is -2.52. The van der Waals surface area contributed by atoms with Crippen molar-refractivity contribution in [2.24, 2.45) is 16.7 Å². The van der Waals surface area contributed by atoms with Crippen LogP contribution in [0.5, 0.6) is 5.75 Å². The van der Waals surface area contributed by atoms with Crippen LogP contribution in [0.1, 0.15) is 54.6 Å². The van der Waals surface area contributed by atoms with Gasteiger partial charge in [0.25, 0.3) is 0 Å². The Bertz CT molecular complexity index is 2320. The molecule has 0 aliphatic heterocycles. The van der Waals surface area contributed by atoms with Gasteiger partial charge in [0, 0.05) is 32.8 Å². The Kier molecular flexibility index (Phi) is 12.2. The number of halogens is 4. The molecule has 2 aliphatic carbocycles. The number of alkyl halides is 3. The summed E-state index contributed by atoms with van der Waals surface area (Å²) < 4.78 is 77.6. The molecule has 2 aliphatic rings. The van der Waals surface area contributed by atoms with Gasteiger partial charge < -0.3 is 9.29 Å². The molecule has 5 aromatic rings. The topological polar surface area (TPSA) is 101 Å². The van der Waals surface area contributed by atoms with Crippen LogP contribution in [0.3, 0.4) is 0 Å². The van der Waals surface area contributed by atoms with E-state index in [1.165, 1.54) is 23.9 Å². The molecule has 0 spiro atoms. The summed E-state index contributed by atoms with van der Waals surface area (Å²) >= 11 is 7.87. The largest absolute Gasteiger partial charge is 0.748 e. The Labute approximate surface area is 336 Å². The molecule has 0 aromatic heterocycles. The van der Waals surface area contributed by atoms with E-state index >= 15 is 0 Å². The molecule has 2 fully saturated rings. The van der Waals surface area contributed by atoms with Crippen molar-refractivity contribution in [3.63, 3.8) is 0 Å². The van der Waals surface area contributed by atoms with Gasteiger partial charge in [0.1, 0.15) is 11.5 Å².